The monoisotopic (exact) mass is 442 g/mol. The van der Waals surface area contributed by atoms with Crippen LogP contribution in [0.2, 0.25) is 0 Å². The van der Waals surface area contributed by atoms with Crippen molar-refractivity contribution >= 4 is 17.7 Å². The van der Waals surface area contributed by atoms with Gasteiger partial charge in [-0.05, 0) is 63.0 Å². The van der Waals surface area contributed by atoms with Crippen LogP contribution in [0.15, 0.2) is 47.1 Å². The van der Waals surface area contributed by atoms with Crippen LogP contribution < -0.4 is 0 Å². The molecule has 0 amide bonds. The number of rotatable bonds is 7. The van der Waals surface area contributed by atoms with E-state index in [4.69, 9.17) is 9.47 Å². The first-order valence-electron chi connectivity index (χ1n) is 11.7. The molecule has 0 aromatic carbocycles. The minimum atomic E-state index is -0.942. The molecule has 2 rings (SSSR count). The summed E-state index contributed by atoms with van der Waals surface area (Å²) in [6, 6.07) is 0. The molecule has 5 heteroatoms. The molecule has 0 spiro atoms. The first-order valence-corrected chi connectivity index (χ1v) is 11.7. The van der Waals surface area contributed by atoms with Crippen LogP contribution in [0.1, 0.15) is 67.7 Å². The van der Waals surface area contributed by atoms with E-state index in [9.17, 15) is 14.4 Å². The third-order valence-electron chi connectivity index (χ3n) is 6.92. The molecule has 176 valence electrons. The van der Waals surface area contributed by atoms with Gasteiger partial charge >= 0.3 is 11.9 Å². The number of carbonyl (C=O) groups excluding carboxylic acids is 3. The van der Waals surface area contributed by atoms with Crippen LogP contribution in [0.4, 0.5) is 0 Å². The van der Waals surface area contributed by atoms with E-state index in [0.29, 0.717) is 17.6 Å². The maximum absolute atomic E-state index is 13.3. The van der Waals surface area contributed by atoms with E-state index < -0.39 is 30.1 Å². The minimum absolute atomic E-state index is 0.100. The van der Waals surface area contributed by atoms with Gasteiger partial charge in [-0.25, -0.2) is 9.59 Å². The number of Topliss-reactive ketones (excluding diaryl/α,β-unsaturated/α-hetero) is 1. The number of carbonyl (C=O) groups is 3. The third kappa shape index (κ3) is 5.48. The summed E-state index contributed by atoms with van der Waals surface area (Å²) in [7, 11) is 0. The van der Waals surface area contributed by atoms with Gasteiger partial charge in [0.05, 0.1) is 0 Å². The van der Waals surface area contributed by atoms with Gasteiger partial charge in [-0.2, -0.15) is 0 Å². The molecule has 2 fully saturated rings. The van der Waals surface area contributed by atoms with Crippen molar-refractivity contribution in [1.82, 2.24) is 0 Å². The van der Waals surface area contributed by atoms with Crippen LogP contribution in [-0.4, -0.2) is 29.9 Å². The molecule has 0 heterocycles. The van der Waals surface area contributed by atoms with Gasteiger partial charge in [0.15, 0.2) is 11.9 Å². The average molecular weight is 443 g/mol. The molecule has 2 saturated carbocycles. The summed E-state index contributed by atoms with van der Waals surface area (Å²) in [5, 5.41) is 0. The van der Waals surface area contributed by atoms with Crippen LogP contribution in [0.3, 0.4) is 0 Å². The molecule has 2 aliphatic rings. The predicted molar refractivity (Wildman–Crippen MR) is 126 cm³/mol. The lowest BCUT2D eigenvalue weighted by Gasteiger charge is -2.42. The van der Waals surface area contributed by atoms with Gasteiger partial charge in [0.2, 0.25) is 0 Å². The Morgan fingerprint density at radius 1 is 1.03 bits per heavy atom. The quantitative estimate of drug-likeness (QED) is 0.295. The van der Waals surface area contributed by atoms with E-state index in [1.807, 2.05) is 40.7 Å². The van der Waals surface area contributed by atoms with Crippen molar-refractivity contribution in [2.75, 3.05) is 0 Å². The van der Waals surface area contributed by atoms with Crippen LogP contribution in [0.5, 0.6) is 0 Å². The normalized spacial score (nSPS) is 30.0. The molecule has 0 N–H and O–H groups in total. The zero-order valence-electron chi connectivity index (χ0n) is 20.6. The first-order chi connectivity index (χ1) is 15.0. The summed E-state index contributed by atoms with van der Waals surface area (Å²) in [6.45, 7) is 18.0. The van der Waals surface area contributed by atoms with E-state index in [2.05, 4.69) is 20.4 Å². The Kier molecular flexibility index (Phi) is 8.82. The second-order valence-electron chi connectivity index (χ2n) is 9.35. The Morgan fingerprint density at radius 3 is 2.03 bits per heavy atom. The Bertz CT molecular complexity index is 857. The first kappa shape index (κ1) is 25.8. The molecule has 0 saturated heterocycles. The summed E-state index contributed by atoms with van der Waals surface area (Å²) in [5.74, 6) is -1.23. The summed E-state index contributed by atoms with van der Waals surface area (Å²) in [6.07, 6.45) is 5.42. The molecule has 0 aliphatic heterocycles. The van der Waals surface area contributed by atoms with Gasteiger partial charge in [-0.15, -0.1) is 0 Å². The van der Waals surface area contributed by atoms with Crippen molar-refractivity contribution in [2.24, 2.45) is 23.7 Å². The van der Waals surface area contributed by atoms with E-state index in [1.165, 1.54) is 12.2 Å². The standard InChI is InChI=1S/C27H38O5/c1-9-16(6)12-22(28)31-21-14-20(15(4)5)25-19(11-3)26(30)27(24(25)18(21)8)32-23(29)13-17(7)10-2/h11-13,15,20-21,24-25,27H,8-10,14H2,1-7H3/b16-12+,17-13-,19-11-. The Morgan fingerprint density at radius 2 is 1.56 bits per heavy atom. The highest BCUT2D eigenvalue weighted by Gasteiger charge is 2.56. The van der Waals surface area contributed by atoms with Gasteiger partial charge in [-0.3, -0.25) is 4.79 Å². The van der Waals surface area contributed by atoms with Gasteiger partial charge in [0, 0.05) is 24.0 Å². The Balaban J connectivity index is 2.42. The van der Waals surface area contributed by atoms with Crippen molar-refractivity contribution in [3.05, 3.63) is 47.1 Å². The lowest BCUT2D eigenvalue weighted by atomic mass is 9.65. The van der Waals surface area contributed by atoms with Crippen LogP contribution in [-0.2, 0) is 23.9 Å². The molecular weight excluding hydrogens is 404 g/mol. The van der Waals surface area contributed by atoms with E-state index in [-0.39, 0.29) is 23.5 Å². The van der Waals surface area contributed by atoms with Crippen molar-refractivity contribution < 1.29 is 23.9 Å². The summed E-state index contributed by atoms with van der Waals surface area (Å²) in [4.78, 5) is 38.3. The number of fused-ring (bicyclic) bond motifs is 1. The molecule has 5 unspecified atom stereocenters. The molecule has 5 nitrogen and oxygen atoms in total. The number of ketones is 1. The maximum Gasteiger partial charge on any atom is 0.331 e. The third-order valence-corrected chi connectivity index (χ3v) is 6.92. The second kappa shape index (κ2) is 10.9. The van der Waals surface area contributed by atoms with E-state index in [1.54, 1.807) is 0 Å². The highest BCUT2D eigenvalue weighted by Crippen LogP contribution is 2.52. The van der Waals surface area contributed by atoms with E-state index in [0.717, 1.165) is 24.0 Å². The Labute approximate surface area is 192 Å². The zero-order chi connectivity index (χ0) is 24.2. The average Bonchev–Trinajstić information content (AvgIpc) is 3.00. The van der Waals surface area contributed by atoms with Crippen molar-refractivity contribution in [3.8, 4) is 0 Å². The molecule has 0 aromatic rings. The fraction of sp³-hybridized carbons (Fsp3) is 0.593. The molecule has 32 heavy (non-hydrogen) atoms. The zero-order valence-corrected chi connectivity index (χ0v) is 20.6. The molecule has 0 radical (unpaired) electrons. The minimum Gasteiger partial charge on any atom is -0.455 e. The number of hydrogen-bond donors (Lipinski definition) is 0. The number of esters is 2. The maximum atomic E-state index is 13.3. The molecule has 5 atom stereocenters. The smallest absolute Gasteiger partial charge is 0.331 e. The van der Waals surface area contributed by atoms with Gasteiger partial charge in [0.1, 0.15) is 6.10 Å². The van der Waals surface area contributed by atoms with E-state index >= 15 is 0 Å². The van der Waals surface area contributed by atoms with Gasteiger partial charge < -0.3 is 9.47 Å². The molecule has 0 bridgehead atoms. The summed E-state index contributed by atoms with van der Waals surface area (Å²) < 4.78 is 11.5. The second-order valence-corrected chi connectivity index (χ2v) is 9.35. The topological polar surface area (TPSA) is 69.7 Å². The predicted octanol–water partition coefficient (Wildman–Crippen LogP) is 5.52. The molecule has 2 aliphatic carbocycles. The van der Waals surface area contributed by atoms with Gasteiger partial charge in [-0.1, -0.05) is 51.5 Å². The lowest BCUT2D eigenvalue weighted by molar-refractivity contribution is -0.152. The molecule has 0 aromatic heterocycles. The van der Waals surface area contributed by atoms with Gasteiger partial charge in [0.25, 0.3) is 0 Å². The number of ether oxygens (including phenoxy) is 2. The van der Waals surface area contributed by atoms with Crippen LogP contribution in [0.25, 0.3) is 0 Å². The fourth-order valence-electron chi connectivity index (χ4n) is 4.77. The molecular formula is C27H38O5. The van der Waals surface area contributed by atoms with Crippen molar-refractivity contribution in [1.29, 1.82) is 0 Å². The highest BCUT2D eigenvalue weighted by atomic mass is 16.6. The van der Waals surface area contributed by atoms with Crippen molar-refractivity contribution in [2.45, 2.75) is 79.9 Å². The van der Waals surface area contributed by atoms with Crippen molar-refractivity contribution in [3.63, 3.8) is 0 Å². The largest absolute Gasteiger partial charge is 0.455 e. The van der Waals surface area contributed by atoms with Crippen LogP contribution >= 0.6 is 0 Å². The summed E-state index contributed by atoms with van der Waals surface area (Å²) in [5.41, 5.74) is 3.17. The SMILES string of the molecule is C=C1C(OC(=O)/C=C(\C)CC)CC(C(C)C)C2/C(=C/C)C(=O)C(OC(=O)/C=C(/C)CC)C12. The lowest BCUT2D eigenvalue weighted by Crippen LogP contribution is -2.43. The summed E-state index contributed by atoms with van der Waals surface area (Å²) >= 11 is 0. The number of hydrogen-bond acceptors (Lipinski definition) is 5. The Hall–Kier alpha value is -2.43. The highest BCUT2D eigenvalue weighted by molar-refractivity contribution is 6.04. The number of allylic oxidation sites excluding steroid dienone is 3. The fourth-order valence-corrected chi connectivity index (χ4v) is 4.77. The van der Waals surface area contributed by atoms with Crippen LogP contribution in [0, 0.1) is 23.7 Å².